The lowest BCUT2D eigenvalue weighted by Gasteiger charge is -2.40. The van der Waals surface area contributed by atoms with Gasteiger partial charge in [0.15, 0.2) is 22.9 Å². The van der Waals surface area contributed by atoms with E-state index in [1.165, 1.54) is 16.2 Å². The highest BCUT2D eigenvalue weighted by Gasteiger charge is 2.49. The predicted octanol–water partition coefficient (Wildman–Crippen LogP) is 3.39. The van der Waals surface area contributed by atoms with Crippen LogP contribution >= 0.6 is 11.3 Å². The number of hydrogen-bond donors (Lipinski definition) is 3. The highest BCUT2D eigenvalue weighted by atomic mass is 32.2. The van der Waals surface area contributed by atoms with Gasteiger partial charge in [-0.25, -0.2) is 19.4 Å². The molecular weight excluding hydrogens is 663 g/mol. The summed E-state index contributed by atoms with van der Waals surface area (Å²) in [6.45, 7) is 4.78. The highest BCUT2D eigenvalue weighted by Crippen LogP contribution is 2.55. The number of thiophene rings is 1. The summed E-state index contributed by atoms with van der Waals surface area (Å²) in [4.78, 5) is 16.2. The fraction of sp³-hybridized carbons (Fsp3) is 0.606. The summed E-state index contributed by atoms with van der Waals surface area (Å²) in [5.41, 5.74) is 9.28. The molecule has 14 nitrogen and oxygen atoms in total. The Morgan fingerprint density at radius 1 is 1.16 bits per heavy atom. The number of anilines is 2. The van der Waals surface area contributed by atoms with E-state index >= 15 is 0 Å². The molecule has 0 bridgehead atoms. The number of likely N-dealkylation sites (N-methyl/N-ethyl adjacent to an activating group) is 1. The van der Waals surface area contributed by atoms with Gasteiger partial charge in [0.1, 0.15) is 16.9 Å². The van der Waals surface area contributed by atoms with Crippen molar-refractivity contribution < 1.29 is 12.9 Å². The lowest BCUT2D eigenvalue weighted by atomic mass is 9.63. The van der Waals surface area contributed by atoms with Crippen LogP contribution in [-0.4, -0.2) is 83.0 Å². The molecular formula is C33H41N11O3S2. The van der Waals surface area contributed by atoms with Crippen LogP contribution in [0.2, 0.25) is 0 Å². The van der Waals surface area contributed by atoms with Gasteiger partial charge in [-0.05, 0) is 90.3 Å². The molecule has 4 N–H and O–H groups in total. The molecule has 2 spiro atoms. The summed E-state index contributed by atoms with van der Waals surface area (Å²) in [7, 11) is -1.38. The minimum Gasteiger partial charge on any atom is -0.389 e. The Hall–Kier alpha value is -3.62. The number of hydrogen-bond acceptors (Lipinski definition) is 12. The maximum atomic E-state index is 12.5. The van der Waals surface area contributed by atoms with Crippen LogP contribution < -0.4 is 20.1 Å². The molecule has 4 atom stereocenters. The maximum Gasteiger partial charge on any atom is 0.277 e. The molecule has 3 fully saturated rings. The van der Waals surface area contributed by atoms with E-state index in [-0.39, 0.29) is 6.04 Å². The van der Waals surface area contributed by atoms with Gasteiger partial charge in [-0.2, -0.15) is 23.5 Å². The average Bonchev–Trinajstić information content (AvgIpc) is 3.91. The van der Waals surface area contributed by atoms with Crippen LogP contribution in [0.3, 0.4) is 0 Å². The maximum absolute atomic E-state index is 12.5. The Balaban J connectivity index is 1.20. The molecule has 3 saturated heterocycles. The molecule has 0 radical (unpaired) electrons. The Morgan fingerprint density at radius 3 is 2.76 bits per heavy atom. The van der Waals surface area contributed by atoms with Crippen LogP contribution in [0.4, 0.5) is 10.8 Å². The van der Waals surface area contributed by atoms with Crippen molar-refractivity contribution in [3.63, 3.8) is 0 Å². The summed E-state index contributed by atoms with van der Waals surface area (Å²) in [5.74, 6) is 2.01. The van der Waals surface area contributed by atoms with Crippen LogP contribution in [0.25, 0.3) is 22.6 Å². The predicted molar refractivity (Wildman–Crippen MR) is 186 cm³/mol. The zero-order valence-electron chi connectivity index (χ0n) is 27.8. The number of fused-ring (bicyclic) bond motifs is 5. The van der Waals surface area contributed by atoms with Crippen LogP contribution in [0.1, 0.15) is 91.7 Å². The molecule has 7 heterocycles. The lowest BCUT2D eigenvalue weighted by Crippen LogP contribution is -2.56. The molecule has 4 unspecified atom stereocenters. The largest absolute Gasteiger partial charge is 0.389 e. The number of aromatic nitrogens is 5. The summed E-state index contributed by atoms with van der Waals surface area (Å²) in [5, 5.41) is 21.2. The number of nitrogens with two attached hydrogens (primary N) is 1. The topological polar surface area (TPSA) is 184 Å². The van der Waals surface area contributed by atoms with Crippen LogP contribution in [-0.2, 0) is 28.5 Å². The standard InChI is InChI=1S/C33H41N11O3S2/c1-19(23-8-5-13-42(23)2)44-31-22(16-36-44)30(43-14-6-10-32(18-43)17-37-49(45,46)41-32)38-29(39-31)26-20-7-3-11-33(27(20)47-40-26)12-4-9-24-25(33)21(15-34)28(35)48-24/h16,19,23,37,41H,3-14,17-18,35H2,1-2H3. The van der Waals surface area contributed by atoms with Gasteiger partial charge in [0.25, 0.3) is 10.2 Å². The number of nitrogens with zero attached hydrogens (tertiary/aromatic N) is 8. The van der Waals surface area contributed by atoms with Gasteiger partial charge < -0.3 is 20.1 Å². The molecule has 258 valence electrons. The van der Waals surface area contributed by atoms with Crippen molar-refractivity contribution in [3.05, 3.63) is 33.5 Å². The molecule has 2 aliphatic carbocycles. The first kappa shape index (κ1) is 31.4. The summed E-state index contributed by atoms with van der Waals surface area (Å²) in [6, 6.07) is 2.81. The molecule has 0 amide bonds. The highest BCUT2D eigenvalue weighted by molar-refractivity contribution is 7.87. The van der Waals surface area contributed by atoms with Gasteiger partial charge >= 0.3 is 0 Å². The summed E-state index contributed by atoms with van der Waals surface area (Å²) < 4.78 is 38.8. The quantitative estimate of drug-likeness (QED) is 0.283. The van der Waals surface area contributed by atoms with Crippen molar-refractivity contribution in [1.29, 1.82) is 5.26 Å². The van der Waals surface area contributed by atoms with Crippen LogP contribution in [0.15, 0.2) is 10.7 Å². The second-order valence-electron chi connectivity index (χ2n) is 14.7. The van der Waals surface area contributed by atoms with E-state index in [0.717, 1.165) is 111 Å². The van der Waals surface area contributed by atoms with Crippen molar-refractivity contribution >= 4 is 43.4 Å². The van der Waals surface area contributed by atoms with Gasteiger partial charge in [-0.1, -0.05) is 5.16 Å². The third kappa shape index (κ3) is 4.76. The molecule has 3 aliphatic heterocycles. The third-order valence-corrected chi connectivity index (χ3v) is 14.2. The summed E-state index contributed by atoms with van der Waals surface area (Å²) in [6.07, 6.45) is 11.0. The number of nitrogen functional groups attached to an aromatic ring is 1. The van der Waals surface area contributed by atoms with E-state index in [4.69, 9.17) is 30.5 Å². The van der Waals surface area contributed by atoms with Gasteiger partial charge in [-0.15, -0.1) is 11.3 Å². The van der Waals surface area contributed by atoms with E-state index in [1.807, 2.05) is 10.9 Å². The SMILES string of the molecule is CC(C1CCCN1C)n1ncc2c(N3CCCC4(CNS(=O)(=O)N4)C3)nc(-c3noc4c3CCCC43CCCc4sc(N)c(C#N)c43)nc21. The zero-order chi connectivity index (χ0) is 33.7. The normalized spacial score (nSPS) is 28.7. The molecule has 9 rings (SSSR count). The van der Waals surface area contributed by atoms with Gasteiger partial charge in [0.05, 0.1) is 34.1 Å². The van der Waals surface area contributed by atoms with Crippen molar-refractivity contribution in [2.75, 3.05) is 43.9 Å². The Morgan fingerprint density at radius 2 is 2.00 bits per heavy atom. The third-order valence-electron chi connectivity index (χ3n) is 11.9. The lowest BCUT2D eigenvalue weighted by molar-refractivity contribution is 0.232. The fourth-order valence-corrected chi connectivity index (χ4v) is 12.1. The van der Waals surface area contributed by atoms with E-state index in [1.54, 1.807) is 0 Å². The number of rotatable bonds is 4. The zero-order valence-corrected chi connectivity index (χ0v) is 29.5. The number of likely N-dealkylation sites (tertiary alicyclic amines) is 1. The van der Waals surface area contributed by atoms with E-state index < -0.39 is 21.2 Å². The monoisotopic (exact) mass is 703 g/mol. The number of aryl methyl sites for hydroxylation is 1. The molecule has 0 aromatic carbocycles. The molecule has 16 heteroatoms. The number of nitrogens with one attached hydrogen (secondary N) is 2. The first-order chi connectivity index (χ1) is 23.6. The second kappa shape index (κ2) is 11.2. The first-order valence-electron chi connectivity index (χ1n) is 17.4. The van der Waals surface area contributed by atoms with Crippen molar-refractivity contribution in [3.8, 4) is 17.6 Å². The Bertz CT molecular complexity index is 2130. The Kier molecular flexibility index (Phi) is 7.17. The van der Waals surface area contributed by atoms with E-state index in [9.17, 15) is 13.7 Å². The molecule has 4 aromatic rings. The number of nitriles is 1. The molecule has 0 saturated carbocycles. The Labute approximate surface area is 289 Å². The van der Waals surface area contributed by atoms with Crippen LogP contribution in [0, 0.1) is 11.3 Å². The van der Waals surface area contributed by atoms with Crippen molar-refractivity contribution in [2.24, 2.45) is 0 Å². The number of piperidine rings is 1. The van der Waals surface area contributed by atoms with Crippen LogP contribution in [0.5, 0.6) is 0 Å². The molecule has 4 aromatic heterocycles. The first-order valence-corrected chi connectivity index (χ1v) is 19.7. The minimum absolute atomic E-state index is 0.0720. The van der Waals surface area contributed by atoms with Gasteiger partial charge in [0, 0.05) is 36.1 Å². The van der Waals surface area contributed by atoms with Gasteiger partial charge in [0.2, 0.25) is 0 Å². The average molecular weight is 704 g/mol. The smallest absolute Gasteiger partial charge is 0.277 e. The minimum atomic E-state index is -3.55. The van der Waals surface area contributed by atoms with Crippen molar-refractivity contribution in [2.45, 2.75) is 94.2 Å². The van der Waals surface area contributed by atoms with Crippen molar-refractivity contribution in [1.82, 2.24) is 39.2 Å². The molecule has 49 heavy (non-hydrogen) atoms. The fourth-order valence-electron chi connectivity index (χ4n) is 9.61. The molecule has 5 aliphatic rings. The van der Waals surface area contributed by atoms with E-state index in [0.29, 0.717) is 41.2 Å². The van der Waals surface area contributed by atoms with E-state index in [2.05, 4.69) is 39.3 Å². The van der Waals surface area contributed by atoms with Gasteiger partial charge in [-0.3, -0.25) is 0 Å². The summed E-state index contributed by atoms with van der Waals surface area (Å²) >= 11 is 1.53. The second-order valence-corrected chi connectivity index (χ2v) is 17.4.